The fourth-order valence-corrected chi connectivity index (χ4v) is 4.07. The van der Waals surface area contributed by atoms with Crippen LogP contribution in [0.3, 0.4) is 0 Å². The Balaban J connectivity index is 0.00000576. The van der Waals surface area contributed by atoms with E-state index in [0.717, 1.165) is 12.0 Å². The van der Waals surface area contributed by atoms with Gasteiger partial charge in [-0.2, -0.15) is 0 Å². The molecule has 0 bridgehead atoms. The number of aryl methyl sites for hydroxylation is 1. The van der Waals surface area contributed by atoms with Crippen LogP contribution in [0.1, 0.15) is 82.3 Å². The summed E-state index contributed by atoms with van der Waals surface area (Å²) in [5.74, 6) is 0.227. The van der Waals surface area contributed by atoms with E-state index in [1.165, 1.54) is 69.8 Å². The third-order valence-electron chi connectivity index (χ3n) is 4.21. The van der Waals surface area contributed by atoms with Gasteiger partial charge in [-0.25, -0.2) is 8.42 Å². The minimum atomic E-state index is -4.20. The average Bonchev–Trinajstić information content (AvgIpc) is 2.55. The molecule has 0 aliphatic heterocycles. The van der Waals surface area contributed by atoms with Crippen molar-refractivity contribution in [2.75, 3.05) is 0 Å². The van der Waals surface area contributed by atoms with Crippen molar-refractivity contribution in [3.8, 4) is 0 Å². The van der Waals surface area contributed by atoms with E-state index in [2.05, 4.69) is 6.92 Å². The molecule has 0 N–H and O–H groups in total. The van der Waals surface area contributed by atoms with Crippen LogP contribution in [0, 0.1) is 0 Å². The van der Waals surface area contributed by atoms with E-state index in [0.29, 0.717) is 10.8 Å². The molecule has 0 saturated heterocycles. The summed E-state index contributed by atoms with van der Waals surface area (Å²) in [7, 11) is -3.75. The Labute approximate surface area is 180 Å². The van der Waals surface area contributed by atoms with E-state index in [4.69, 9.17) is 0 Å². The molecule has 0 spiro atoms. The standard InChI is InChI=1S/C19H32O3S2.Na/c1-2-3-4-5-6-7-8-9-10-11-12-18-13-15-19(16-14-18)17-23-24(20,21)22;/h13-16H,2-12,17H2,1H3,(H,20,21,22);/q;+1/p-1. The minimum Gasteiger partial charge on any atom is -0.739 e. The van der Waals surface area contributed by atoms with Gasteiger partial charge in [0.15, 0.2) is 0 Å². The predicted octanol–water partition coefficient (Wildman–Crippen LogP) is 2.85. The first kappa shape index (κ1) is 25.5. The predicted molar refractivity (Wildman–Crippen MR) is 103 cm³/mol. The third-order valence-corrected chi connectivity index (χ3v) is 6.17. The maximum Gasteiger partial charge on any atom is 1.00 e. The first-order valence-electron chi connectivity index (χ1n) is 9.19. The molecule has 1 rings (SSSR count). The molecule has 0 heterocycles. The molecule has 0 radical (unpaired) electrons. The van der Waals surface area contributed by atoms with Crippen molar-refractivity contribution in [1.29, 1.82) is 0 Å². The topological polar surface area (TPSA) is 57.2 Å². The third kappa shape index (κ3) is 15.3. The fraction of sp³-hybridized carbons (Fsp3) is 0.684. The SMILES string of the molecule is CCCCCCCCCCCCc1ccc(CSS(=O)(=O)[O-])cc1.[Na+]. The van der Waals surface area contributed by atoms with E-state index < -0.39 is 9.15 Å². The Morgan fingerprint density at radius 3 is 1.72 bits per heavy atom. The zero-order valence-corrected chi connectivity index (χ0v) is 19.5. The number of rotatable bonds is 14. The summed E-state index contributed by atoms with van der Waals surface area (Å²) < 4.78 is 31.8. The molecular formula is C19H31NaO3S2. The van der Waals surface area contributed by atoms with Crippen molar-refractivity contribution in [3.63, 3.8) is 0 Å². The summed E-state index contributed by atoms with van der Waals surface area (Å²) in [5, 5.41) is 0. The van der Waals surface area contributed by atoms with Gasteiger partial charge in [-0.1, -0.05) is 89.0 Å². The van der Waals surface area contributed by atoms with Gasteiger partial charge < -0.3 is 4.55 Å². The Morgan fingerprint density at radius 1 is 0.800 bits per heavy atom. The first-order valence-corrected chi connectivity index (χ1v) is 12.1. The van der Waals surface area contributed by atoms with Crippen LogP contribution in [0.4, 0.5) is 0 Å². The zero-order chi connectivity index (χ0) is 17.7. The number of hydrogen-bond donors (Lipinski definition) is 0. The van der Waals surface area contributed by atoms with Crippen LogP contribution >= 0.6 is 10.8 Å². The average molecular weight is 395 g/mol. The molecule has 0 aliphatic carbocycles. The second-order valence-electron chi connectivity index (χ2n) is 6.42. The Bertz CT molecular complexity index is 530. The Morgan fingerprint density at radius 2 is 1.24 bits per heavy atom. The van der Waals surface area contributed by atoms with E-state index in [-0.39, 0.29) is 35.3 Å². The number of benzene rings is 1. The van der Waals surface area contributed by atoms with Crippen molar-refractivity contribution >= 4 is 19.9 Å². The van der Waals surface area contributed by atoms with Gasteiger partial charge in [-0.15, -0.1) is 0 Å². The van der Waals surface area contributed by atoms with Crippen molar-refractivity contribution < 1.29 is 42.5 Å². The molecule has 0 saturated carbocycles. The van der Waals surface area contributed by atoms with Gasteiger partial charge in [0.1, 0.15) is 9.15 Å². The largest absolute Gasteiger partial charge is 1.00 e. The smallest absolute Gasteiger partial charge is 0.739 e. The van der Waals surface area contributed by atoms with Crippen LogP contribution in [0.5, 0.6) is 0 Å². The van der Waals surface area contributed by atoms with Gasteiger partial charge >= 0.3 is 29.6 Å². The monoisotopic (exact) mass is 394 g/mol. The van der Waals surface area contributed by atoms with E-state index >= 15 is 0 Å². The maximum absolute atomic E-state index is 10.6. The summed E-state index contributed by atoms with van der Waals surface area (Å²) >= 11 is 0. The van der Waals surface area contributed by atoms with Crippen LogP contribution < -0.4 is 29.6 Å². The van der Waals surface area contributed by atoms with Crippen LogP contribution in [-0.2, 0) is 21.3 Å². The zero-order valence-electron chi connectivity index (χ0n) is 15.8. The molecule has 0 aliphatic rings. The van der Waals surface area contributed by atoms with Gasteiger partial charge in [0.2, 0.25) is 0 Å². The summed E-state index contributed by atoms with van der Waals surface area (Å²) in [6.07, 6.45) is 14.5. The number of unbranched alkanes of at least 4 members (excludes halogenated alkanes) is 9. The number of hydrogen-bond acceptors (Lipinski definition) is 4. The van der Waals surface area contributed by atoms with E-state index in [1.54, 1.807) is 0 Å². The second-order valence-corrected chi connectivity index (χ2v) is 9.69. The Hall–Kier alpha value is 0.480. The maximum atomic E-state index is 10.6. The fourth-order valence-electron chi connectivity index (χ4n) is 2.76. The normalized spacial score (nSPS) is 11.3. The summed E-state index contributed by atoms with van der Waals surface area (Å²) in [6.45, 7) is 2.25. The molecular weight excluding hydrogens is 363 g/mol. The molecule has 25 heavy (non-hydrogen) atoms. The van der Waals surface area contributed by atoms with E-state index in [9.17, 15) is 13.0 Å². The van der Waals surface area contributed by atoms with Crippen LogP contribution in [-0.4, -0.2) is 13.0 Å². The molecule has 0 fully saturated rings. The van der Waals surface area contributed by atoms with Gasteiger partial charge in [0.05, 0.1) is 0 Å². The molecule has 138 valence electrons. The van der Waals surface area contributed by atoms with Crippen molar-refractivity contribution in [3.05, 3.63) is 35.4 Å². The van der Waals surface area contributed by atoms with Crippen LogP contribution in [0.25, 0.3) is 0 Å². The molecule has 1 aromatic carbocycles. The van der Waals surface area contributed by atoms with Gasteiger partial charge in [0.25, 0.3) is 0 Å². The molecule has 0 atom stereocenters. The van der Waals surface area contributed by atoms with Gasteiger partial charge in [-0.3, -0.25) is 0 Å². The van der Waals surface area contributed by atoms with Crippen LogP contribution in [0.15, 0.2) is 24.3 Å². The van der Waals surface area contributed by atoms with Crippen molar-refractivity contribution in [2.45, 2.75) is 83.3 Å². The van der Waals surface area contributed by atoms with Crippen molar-refractivity contribution in [2.24, 2.45) is 0 Å². The quantitative estimate of drug-likeness (QED) is 0.211. The first-order chi connectivity index (χ1) is 11.5. The molecule has 0 unspecified atom stereocenters. The van der Waals surface area contributed by atoms with Gasteiger partial charge in [-0.05, 0) is 34.8 Å². The van der Waals surface area contributed by atoms with Crippen LogP contribution in [0.2, 0.25) is 0 Å². The van der Waals surface area contributed by atoms with E-state index in [1.807, 2.05) is 24.3 Å². The molecule has 0 amide bonds. The molecule has 0 aromatic heterocycles. The molecule has 3 nitrogen and oxygen atoms in total. The van der Waals surface area contributed by atoms with Crippen molar-refractivity contribution in [1.82, 2.24) is 0 Å². The summed E-state index contributed by atoms with van der Waals surface area (Å²) in [6, 6.07) is 7.93. The van der Waals surface area contributed by atoms with Gasteiger partial charge in [0, 0.05) is 5.75 Å². The molecule has 1 aromatic rings. The summed E-state index contributed by atoms with van der Waals surface area (Å²) in [5.41, 5.74) is 2.17. The Kier molecular flexibility index (Phi) is 15.8. The summed E-state index contributed by atoms with van der Waals surface area (Å²) in [4.78, 5) is 0. The molecule has 6 heteroatoms. The minimum absolute atomic E-state index is 0. The second kappa shape index (κ2) is 15.5.